The number of hydrogen-bond acceptors (Lipinski definition) is 7. The summed E-state index contributed by atoms with van der Waals surface area (Å²) in [6.45, 7) is 1.55. The monoisotopic (exact) mass is 491 g/mol. The molecule has 1 aromatic heterocycles. The third kappa shape index (κ3) is 4.72. The minimum absolute atomic E-state index is 0.00947. The first-order valence-electron chi connectivity index (χ1n) is 9.83. The van der Waals surface area contributed by atoms with Crippen LogP contribution in [0.4, 0.5) is 5.69 Å². The SMILES string of the molecule is COc1cc([C@@H](CC(=O)Nc2ccc(Cl)c(Cl)c2)c2c(O)cc(C)oc2=O)cc2c1OCO2. The van der Waals surface area contributed by atoms with Gasteiger partial charge in [0.1, 0.15) is 11.5 Å². The Morgan fingerprint density at radius 2 is 1.97 bits per heavy atom. The fourth-order valence-electron chi connectivity index (χ4n) is 3.64. The summed E-state index contributed by atoms with van der Waals surface area (Å²) in [5.41, 5.74) is 0.102. The van der Waals surface area contributed by atoms with Crippen molar-refractivity contribution in [2.24, 2.45) is 0 Å². The second kappa shape index (κ2) is 9.25. The lowest BCUT2D eigenvalue weighted by molar-refractivity contribution is -0.116. The largest absolute Gasteiger partial charge is 0.507 e. The Morgan fingerprint density at radius 3 is 2.67 bits per heavy atom. The number of fused-ring (bicyclic) bond motifs is 1. The van der Waals surface area contributed by atoms with E-state index in [2.05, 4.69) is 5.32 Å². The number of anilines is 1. The summed E-state index contributed by atoms with van der Waals surface area (Å²) in [6, 6.07) is 9.26. The van der Waals surface area contributed by atoms with E-state index in [-0.39, 0.29) is 35.3 Å². The molecule has 33 heavy (non-hydrogen) atoms. The van der Waals surface area contributed by atoms with E-state index >= 15 is 0 Å². The third-order valence-corrected chi connectivity index (χ3v) is 5.85. The maximum absolute atomic E-state index is 13.0. The zero-order valence-corrected chi connectivity index (χ0v) is 19.1. The standard InChI is InChI=1S/C23H19Cl2NO7/c1-11-5-17(27)21(23(29)33-11)14(9-20(28)26-13-3-4-15(24)16(25)8-13)12-6-18(30-2)22-19(7-12)31-10-32-22/h3-8,14,27H,9-10H2,1-2H3,(H,26,28)/t14-/m1/s1. The highest BCUT2D eigenvalue weighted by Crippen LogP contribution is 2.45. The molecule has 0 spiro atoms. The Labute approximate surface area is 198 Å². The van der Waals surface area contributed by atoms with E-state index in [1.54, 1.807) is 31.2 Å². The molecule has 4 rings (SSSR count). The van der Waals surface area contributed by atoms with Crippen LogP contribution in [0.1, 0.15) is 29.2 Å². The number of rotatable bonds is 6. The zero-order chi connectivity index (χ0) is 23.7. The minimum Gasteiger partial charge on any atom is -0.507 e. The summed E-state index contributed by atoms with van der Waals surface area (Å²) >= 11 is 12.0. The fraction of sp³-hybridized carbons (Fsp3) is 0.217. The Balaban J connectivity index is 1.75. The highest BCUT2D eigenvalue weighted by atomic mass is 35.5. The van der Waals surface area contributed by atoms with Crippen LogP contribution in [0.2, 0.25) is 10.0 Å². The smallest absolute Gasteiger partial charge is 0.343 e. The Hall–Kier alpha value is -3.36. The first-order valence-corrected chi connectivity index (χ1v) is 10.6. The van der Waals surface area contributed by atoms with Gasteiger partial charge < -0.3 is 29.1 Å². The third-order valence-electron chi connectivity index (χ3n) is 5.11. The van der Waals surface area contributed by atoms with Crippen molar-refractivity contribution < 1.29 is 28.5 Å². The van der Waals surface area contributed by atoms with Gasteiger partial charge in [-0.05, 0) is 42.8 Å². The van der Waals surface area contributed by atoms with Crippen molar-refractivity contribution in [2.75, 3.05) is 19.2 Å². The van der Waals surface area contributed by atoms with Crippen molar-refractivity contribution in [2.45, 2.75) is 19.3 Å². The maximum Gasteiger partial charge on any atom is 0.343 e. The predicted molar refractivity (Wildman–Crippen MR) is 122 cm³/mol. The first kappa shape index (κ1) is 22.8. The lowest BCUT2D eigenvalue weighted by atomic mass is 9.88. The highest BCUT2D eigenvalue weighted by molar-refractivity contribution is 6.42. The number of carbonyl (C=O) groups excluding carboxylic acids is 1. The molecule has 3 aromatic rings. The van der Waals surface area contributed by atoms with Crippen LogP contribution in [0.25, 0.3) is 0 Å². The molecule has 0 unspecified atom stereocenters. The normalized spacial score (nSPS) is 13.0. The molecular formula is C23H19Cl2NO7. The van der Waals surface area contributed by atoms with Gasteiger partial charge in [-0.25, -0.2) is 4.79 Å². The zero-order valence-electron chi connectivity index (χ0n) is 17.6. The summed E-state index contributed by atoms with van der Waals surface area (Å²) in [7, 11) is 1.46. The number of benzene rings is 2. The van der Waals surface area contributed by atoms with Crippen LogP contribution in [0.5, 0.6) is 23.0 Å². The van der Waals surface area contributed by atoms with Crippen LogP contribution in [-0.2, 0) is 4.79 Å². The van der Waals surface area contributed by atoms with Crippen molar-refractivity contribution in [3.8, 4) is 23.0 Å². The van der Waals surface area contributed by atoms with Crippen molar-refractivity contribution in [3.63, 3.8) is 0 Å². The van der Waals surface area contributed by atoms with Crippen molar-refractivity contribution >= 4 is 34.8 Å². The second-order valence-corrected chi connectivity index (χ2v) is 8.15. The van der Waals surface area contributed by atoms with Gasteiger partial charge in [0.25, 0.3) is 0 Å². The van der Waals surface area contributed by atoms with Crippen molar-refractivity contribution in [3.05, 3.63) is 73.8 Å². The average Bonchev–Trinajstić information content (AvgIpc) is 3.23. The van der Waals surface area contributed by atoms with Gasteiger partial charge >= 0.3 is 5.63 Å². The number of aryl methyl sites for hydroxylation is 1. The molecule has 0 aliphatic carbocycles. The predicted octanol–water partition coefficient (Wildman–Crippen LogP) is 4.86. The van der Waals surface area contributed by atoms with E-state index in [0.29, 0.717) is 33.5 Å². The molecule has 0 radical (unpaired) electrons. The molecule has 2 N–H and O–H groups in total. The molecule has 1 aliphatic rings. The van der Waals surface area contributed by atoms with E-state index < -0.39 is 17.5 Å². The van der Waals surface area contributed by atoms with Gasteiger partial charge in [0.05, 0.1) is 22.7 Å². The number of ether oxygens (including phenoxy) is 3. The van der Waals surface area contributed by atoms with E-state index in [0.717, 1.165) is 0 Å². The van der Waals surface area contributed by atoms with Crippen LogP contribution in [0.3, 0.4) is 0 Å². The van der Waals surface area contributed by atoms with Crippen molar-refractivity contribution in [1.82, 2.24) is 0 Å². The van der Waals surface area contributed by atoms with E-state index in [1.807, 2.05) is 0 Å². The number of amides is 1. The fourth-order valence-corrected chi connectivity index (χ4v) is 3.93. The van der Waals surface area contributed by atoms with E-state index in [9.17, 15) is 14.7 Å². The lowest BCUT2D eigenvalue weighted by Crippen LogP contribution is -2.21. The molecule has 0 saturated heterocycles. The summed E-state index contributed by atoms with van der Waals surface area (Å²) in [6.07, 6.45) is -0.204. The van der Waals surface area contributed by atoms with Crippen LogP contribution in [-0.4, -0.2) is 24.9 Å². The average molecular weight is 492 g/mol. The van der Waals surface area contributed by atoms with Gasteiger partial charge in [-0.3, -0.25) is 4.79 Å². The topological polar surface area (TPSA) is 107 Å². The lowest BCUT2D eigenvalue weighted by Gasteiger charge is -2.19. The molecule has 0 fully saturated rings. The molecule has 0 bridgehead atoms. The van der Waals surface area contributed by atoms with Gasteiger partial charge in [0, 0.05) is 24.1 Å². The number of halogens is 2. The molecule has 1 amide bonds. The van der Waals surface area contributed by atoms with Crippen LogP contribution < -0.4 is 25.2 Å². The quantitative estimate of drug-likeness (QED) is 0.506. The van der Waals surface area contributed by atoms with Gasteiger partial charge in [0.15, 0.2) is 11.5 Å². The molecule has 8 nitrogen and oxygen atoms in total. The first-order chi connectivity index (χ1) is 15.8. The second-order valence-electron chi connectivity index (χ2n) is 7.33. The Bertz CT molecular complexity index is 1290. The van der Waals surface area contributed by atoms with Gasteiger partial charge in [-0.1, -0.05) is 23.2 Å². The summed E-state index contributed by atoms with van der Waals surface area (Å²) in [4.78, 5) is 25.7. The van der Waals surface area contributed by atoms with Crippen LogP contribution >= 0.6 is 23.2 Å². The number of hydrogen-bond donors (Lipinski definition) is 2. The maximum atomic E-state index is 13.0. The summed E-state index contributed by atoms with van der Waals surface area (Å²) < 4.78 is 21.5. The molecule has 0 saturated carbocycles. The molecular weight excluding hydrogens is 473 g/mol. The molecule has 1 atom stereocenters. The van der Waals surface area contributed by atoms with Crippen LogP contribution in [0.15, 0.2) is 45.6 Å². The number of nitrogens with one attached hydrogen (secondary N) is 1. The van der Waals surface area contributed by atoms with Gasteiger partial charge in [-0.2, -0.15) is 0 Å². The van der Waals surface area contributed by atoms with Crippen LogP contribution in [0, 0.1) is 6.92 Å². The van der Waals surface area contributed by atoms with E-state index in [1.165, 1.54) is 19.2 Å². The molecule has 1 aliphatic heterocycles. The van der Waals surface area contributed by atoms with Crippen molar-refractivity contribution in [1.29, 1.82) is 0 Å². The molecule has 10 heteroatoms. The number of aromatic hydroxyl groups is 1. The summed E-state index contributed by atoms with van der Waals surface area (Å²) in [5.74, 6) is -0.180. The molecule has 172 valence electrons. The minimum atomic E-state index is -0.881. The molecule has 2 heterocycles. The Kier molecular flexibility index (Phi) is 6.40. The van der Waals surface area contributed by atoms with Gasteiger partial charge in [0.2, 0.25) is 18.4 Å². The molecule has 2 aromatic carbocycles. The Morgan fingerprint density at radius 1 is 1.18 bits per heavy atom. The highest BCUT2D eigenvalue weighted by Gasteiger charge is 2.29. The summed E-state index contributed by atoms with van der Waals surface area (Å²) in [5, 5.41) is 13.9. The number of methoxy groups -OCH3 is 1. The van der Waals surface area contributed by atoms with E-state index in [4.69, 9.17) is 41.8 Å². The number of carbonyl (C=O) groups is 1. The van der Waals surface area contributed by atoms with Gasteiger partial charge in [-0.15, -0.1) is 0 Å².